The fourth-order valence-corrected chi connectivity index (χ4v) is 2.95. The Morgan fingerprint density at radius 2 is 1.81 bits per heavy atom. The first-order valence-electron chi connectivity index (χ1n) is 10.5. The van der Waals surface area contributed by atoms with Gasteiger partial charge in [0.15, 0.2) is 5.82 Å². The van der Waals surface area contributed by atoms with Crippen molar-refractivity contribution in [1.29, 1.82) is 0 Å². The SMILES string of the molecule is CCCC(NC(=O)Cc1cc(F)cc(F)c1)C(=O)Nc1cnc(CNCCC(C)O)cn1. The molecule has 0 aliphatic rings. The van der Waals surface area contributed by atoms with Crippen molar-refractivity contribution in [2.45, 2.75) is 58.2 Å². The van der Waals surface area contributed by atoms with Crippen LogP contribution in [0.2, 0.25) is 0 Å². The fraction of sp³-hybridized carbons (Fsp3) is 0.455. The molecule has 2 unspecified atom stereocenters. The van der Waals surface area contributed by atoms with Crippen LogP contribution in [0.15, 0.2) is 30.6 Å². The Kier molecular flexibility index (Phi) is 10.1. The summed E-state index contributed by atoms with van der Waals surface area (Å²) in [4.78, 5) is 33.3. The lowest BCUT2D eigenvalue weighted by molar-refractivity contribution is -0.126. The molecule has 2 atom stereocenters. The highest BCUT2D eigenvalue weighted by Crippen LogP contribution is 2.10. The maximum Gasteiger partial charge on any atom is 0.248 e. The molecule has 0 saturated carbocycles. The van der Waals surface area contributed by atoms with Gasteiger partial charge in [-0.2, -0.15) is 0 Å². The van der Waals surface area contributed by atoms with Crippen molar-refractivity contribution < 1.29 is 23.5 Å². The molecule has 0 aliphatic heterocycles. The average molecular weight is 450 g/mol. The van der Waals surface area contributed by atoms with Crippen LogP contribution >= 0.6 is 0 Å². The average Bonchev–Trinajstić information content (AvgIpc) is 2.71. The van der Waals surface area contributed by atoms with Crippen LogP contribution in [-0.4, -0.2) is 45.6 Å². The van der Waals surface area contributed by atoms with E-state index in [2.05, 4.69) is 25.9 Å². The molecule has 4 N–H and O–H groups in total. The minimum atomic E-state index is -0.825. The Labute approximate surface area is 185 Å². The number of aliphatic hydroxyl groups excluding tert-OH is 1. The van der Waals surface area contributed by atoms with E-state index in [-0.39, 0.29) is 23.9 Å². The molecule has 174 valence electrons. The Balaban J connectivity index is 1.89. The van der Waals surface area contributed by atoms with Crippen molar-refractivity contribution in [1.82, 2.24) is 20.6 Å². The summed E-state index contributed by atoms with van der Waals surface area (Å²) in [5.41, 5.74) is 0.855. The van der Waals surface area contributed by atoms with Gasteiger partial charge in [0.05, 0.1) is 30.6 Å². The maximum atomic E-state index is 13.3. The Morgan fingerprint density at radius 3 is 2.41 bits per heavy atom. The van der Waals surface area contributed by atoms with Crippen LogP contribution in [0.4, 0.5) is 14.6 Å². The third kappa shape index (κ3) is 9.03. The molecule has 2 rings (SSSR count). The van der Waals surface area contributed by atoms with Crippen LogP contribution in [0, 0.1) is 11.6 Å². The van der Waals surface area contributed by atoms with E-state index < -0.39 is 29.5 Å². The lowest BCUT2D eigenvalue weighted by atomic mass is 10.1. The lowest BCUT2D eigenvalue weighted by Crippen LogP contribution is -2.44. The molecule has 0 bridgehead atoms. The number of rotatable bonds is 12. The first-order valence-corrected chi connectivity index (χ1v) is 10.5. The van der Waals surface area contributed by atoms with Crippen LogP contribution in [0.5, 0.6) is 0 Å². The molecular weight excluding hydrogens is 420 g/mol. The molecular formula is C22H29F2N5O3. The number of aromatic nitrogens is 2. The fourth-order valence-electron chi connectivity index (χ4n) is 2.95. The van der Waals surface area contributed by atoms with Crippen molar-refractivity contribution in [2.75, 3.05) is 11.9 Å². The monoisotopic (exact) mass is 449 g/mol. The maximum absolute atomic E-state index is 13.3. The number of hydrogen-bond acceptors (Lipinski definition) is 6. The van der Waals surface area contributed by atoms with Gasteiger partial charge in [-0.05, 0) is 44.0 Å². The van der Waals surface area contributed by atoms with E-state index in [1.165, 1.54) is 12.4 Å². The van der Waals surface area contributed by atoms with Crippen molar-refractivity contribution in [3.05, 3.63) is 53.5 Å². The van der Waals surface area contributed by atoms with Gasteiger partial charge in [0.25, 0.3) is 0 Å². The topological polar surface area (TPSA) is 116 Å². The largest absolute Gasteiger partial charge is 0.393 e. The van der Waals surface area contributed by atoms with Gasteiger partial charge in [-0.1, -0.05) is 13.3 Å². The van der Waals surface area contributed by atoms with Crippen LogP contribution in [0.25, 0.3) is 0 Å². The highest BCUT2D eigenvalue weighted by molar-refractivity contribution is 5.96. The summed E-state index contributed by atoms with van der Waals surface area (Å²) < 4.78 is 26.6. The van der Waals surface area contributed by atoms with Crippen molar-refractivity contribution in [2.24, 2.45) is 0 Å². The minimum Gasteiger partial charge on any atom is -0.393 e. The van der Waals surface area contributed by atoms with Gasteiger partial charge in [0.1, 0.15) is 17.7 Å². The third-order valence-electron chi connectivity index (χ3n) is 4.52. The number of amides is 2. The molecule has 2 amide bonds. The van der Waals surface area contributed by atoms with E-state index >= 15 is 0 Å². The van der Waals surface area contributed by atoms with Crippen molar-refractivity contribution in [3.8, 4) is 0 Å². The molecule has 0 spiro atoms. The molecule has 10 heteroatoms. The first kappa shape index (κ1) is 25.3. The number of carbonyl (C=O) groups excluding carboxylic acids is 2. The van der Waals surface area contributed by atoms with Crippen LogP contribution in [0.1, 0.15) is 44.4 Å². The molecule has 0 aliphatic carbocycles. The normalized spacial score (nSPS) is 12.8. The standard InChI is InChI=1S/C22H29F2N5O3/c1-3-4-19(28-21(31)9-15-7-16(23)10-17(24)8-15)22(32)29-20-13-26-18(12-27-20)11-25-6-5-14(2)30/h7-8,10,12-14,19,25,30H,3-6,9,11H2,1-2H3,(H,28,31)(H,27,29,32). The Morgan fingerprint density at radius 1 is 1.09 bits per heavy atom. The molecule has 1 heterocycles. The van der Waals surface area contributed by atoms with Gasteiger partial charge in [0.2, 0.25) is 11.8 Å². The second-order valence-corrected chi connectivity index (χ2v) is 7.56. The first-order chi connectivity index (χ1) is 15.3. The van der Waals surface area contributed by atoms with E-state index in [4.69, 9.17) is 0 Å². The van der Waals surface area contributed by atoms with Gasteiger partial charge in [-0.3, -0.25) is 14.6 Å². The zero-order valence-electron chi connectivity index (χ0n) is 18.2. The second-order valence-electron chi connectivity index (χ2n) is 7.56. The second kappa shape index (κ2) is 12.8. The number of nitrogens with one attached hydrogen (secondary N) is 3. The number of benzene rings is 1. The van der Waals surface area contributed by atoms with E-state index in [0.29, 0.717) is 38.0 Å². The summed E-state index contributed by atoms with van der Waals surface area (Å²) in [5, 5.41) is 17.6. The highest BCUT2D eigenvalue weighted by atomic mass is 19.1. The number of nitrogens with zero attached hydrogens (tertiary/aromatic N) is 2. The molecule has 2 aromatic rings. The molecule has 0 fully saturated rings. The molecule has 1 aromatic carbocycles. The lowest BCUT2D eigenvalue weighted by Gasteiger charge is -2.17. The third-order valence-corrected chi connectivity index (χ3v) is 4.52. The zero-order chi connectivity index (χ0) is 23.5. The van der Waals surface area contributed by atoms with E-state index in [1.807, 2.05) is 6.92 Å². The van der Waals surface area contributed by atoms with E-state index in [0.717, 1.165) is 18.2 Å². The highest BCUT2D eigenvalue weighted by Gasteiger charge is 2.21. The summed E-state index contributed by atoms with van der Waals surface area (Å²) in [6.45, 7) is 4.70. The number of aliphatic hydroxyl groups is 1. The number of hydrogen-bond donors (Lipinski definition) is 4. The predicted molar refractivity (Wildman–Crippen MR) is 116 cm³/mol. The van der Waals surface area contributed by atoms with Gasteiger partial charge in [0, 0.05) is 12.6 Å². The van der Waals surface area contributed by atoms with Crippen LogP contribution in [0.3, 0.4) is 0 Å². The molecule has 1 aromatic heterocycles. The Bertz CT molecular complexity index is 873. The summed E-state index contributed by atoms with van der Waals surface area (Å²) >= 11 is 0. The number of carbonyl (C=O) groups is 2. The van der Waals surface area contributed by atoms with Crippen molar-refractivity contribution >= 4 is 17.6 Å². The van der Waals surface area contributed by atoms with Gasteiger partial charge in [-0.15, -0.1) is 0 Å². The van der Waals surface area contributed by atoms with Gasteiger partial charge < -0.3 is 21.1 Å². The zero-order valence-corrected chi connectivity index (χ0v) is 18.2. The quantitative estimate of drug-likeness (QED) is 0.369. The Hall–Kier alpha value is -2.98. The minimum absolute atomic E-state index is 0.180. The van der Waals surface area contributed by atoms with Crippen LogP contribution < -0.4 is 16.0 Å². The van der Waals surface area contributed by atoms with E-state index in [1.54, 1.807) is 6.92 Å². The van der Waals surface area contributed by atoms with Crippen molar-refractivity contribution in [3.63, 3.8) is 0 Å². The summed E-state index contributed by atoms with van der Waals surface area (Å²) in [5.74, 6) is -2.27. The summed E-state index contributed by atoms with van der Waals surface area (Å²) in [7, 11) is 0. The number of halogens is 2. The van der Waals surface area contributed by atoms with Crippen LogP contribution in [-0.2, 0) is 22.6 Å². The number of anilines is 1. The van der Waals surface area contributed by atoms with Gasteiger partial charge in [-0.25, -0.2) is 13.8 Å². The summed E-state index contributed by atoms with van der Waals surface area (Å²) in [6, 6.07) is 2.06. The molecule has 32 heavy (non-hydrogen) atoms. The molecule has 0 radical (unpaired) electrons. The predicted octanol–water partition coefficient (Wildman–Crippen LogP) is 2.08. The molecule has 0 saturated heterocycles. The molecule has 8 nitrogen and oxygen atoms in total. The van der Waals surface area contributed by atoms with Gasteiger partial charge >= 0.3 is 0 Å². The smallest absolute Gasteiger partial charge is 0.248 e. The summed E-state index contributed by atoms with van der Waals surface area (Å²) in [6.07, 6.45) is 3.96. The van der Waals surface area contributed by atoms with E-state index in [9.17, 15) is 23.5 Å².